The van der Waals surface area contributed by atoms with E-state index in [1.165, 1.54) is 31.2 Å². The molecular weight excluding hydrogens is 254 g/mol. The fourth-order valence-electron chi connectivity index (χ4n) is 3.30. The molecule has 19 heavy (non-hydrogen) atoms. The van der Waals surface area contributed by atoms with E-state index in [4.69, 9.17) is 12.2 Å². The van der Waals surface area contributed by atoms with Crippen molar-refractivity contribution in [3.63, 3.8) is 0 Å². The van der Waals surface area contributed by atoms with E-state index in [0.717, 1.165) is 34.3 Å². The Hall–Kier alpha value is -1.16. The first-order valence-electron chi connectivity index (χ1n) is 7.18. The number of H-pyrrole nitrogens is 1. The van der Waals surface area contributed by atoms with Crippen LogP contribution in [0.15, 0.2) is 12.3 Å². The van der Waals surface area contributed by atoms with E-state index in [1.54, 1.807) is 0 Å². The highest BCUT2D eigenvalue weighted by Gasteiger charge is 2.20. The maximum Gasteiger partial charge on any atom is 0.179 e. The predicted octanol–water partition coefficient (Wildman–Crippen LogP) is 4.23. The Morgan fingerprint density at radius 2 is 2.32 bits per heavy atom. The van der Waals surface area contributed by atoms with Gasteiger partial charge in [-0.2, -0.15) is 0 Å². The topological polar surface area (TPSA) is 33.6 Å². The molecule has 3 nitrogen and oxygen atoms in total. The number of nitrogens with zero attached hydrogens (tertiary/aromatic N) is 2. The summed E-state index contributed by atoms with van der Waals surface area (Å²) in [5, 5.41) is 0. The minimum Gasteiger partial charge on any atom is -0.329 e. The average molecular weight is 275 g/mol. The van der Waals surface area contributed by atoms with Crippen molar-refractivity contribution in [1.82, 2.24) is 14.5 Å². The molecule has 1 fully saturated rings. The molecule has 1 aliphatic rings. The first-order chi connectivity index (χ1) is 9.13. The summed E-state index contributed by atoms with van der Waals surface area (Å²) in [4.78, 5) is 7.84. The van der Waals surface area contributed by atoms with Gasteiger partial charge in [0.2, 0.25) is 0 Å². The van der Waals surface area contributed by atoms with Crippen LogP contribution >= 0.6 is 12.2 Å². The molecule has 3 rings (SSSR count). The number of hydrogen-bond donors (Lipinski definition) is 1. The van der Waals surface area contributed by atoms with Gasteiger partial charge in [0.25, 0.3) is 0 Å². The number of imidazole rings is 1. The van der Waals surface area contributed by atoms with Crippen LogP contribution in [0.2, 0.25) is 0 Å². The van der Waals surface area contributed by atoms with Crippen LogP contribution in [0.3, 0.4) is 0 Å². The van der Waals surface area contributed by atoms with Crippen molar-refractivity contribution in [3.8, 4) is 0 Å². The number of pyridine rings is 1. The standard InChI is InChI=1S/C15H21N3S/c1-10-4-3-5-12(6-10)9-18-14-13(17-15(18)19)7-11(2)8-16-14/h7-8,10,12H,3-6,9H2,1-2H3,(H,17,19). The van der Waals surface area contributed by atoms with Crippen molar-refractivity contribution >= 4 is 23.4 Å². The Balaban J connectivity index is 1.92. The molecule has 0 amide bonds. The highest BCUT2D eigenvalue weighted by molar-refractivity contribution is 7.71. The molecule has 102 valence electrons. The van der Waals surface area contributed by atoms with Crippen molar-refractivity contribution in [1.29, 1.82) is 0 Å². The summed E-state index contributed by atoms with van der Waals surface area (Å²) in [7, 11) is 0. The molecule has 0 aliphatic heterocycles. The number of fused-ring (bicyclic) bond motifs is 1. The second-order valence-electron chi connectivity index (χ2n) is 6.06. The summed E-state index contributed by atoms with van der Waals surface area (Å²) in [5.41, 5.74) is 3.24. The second kappa shape index (κ2) is 5.08. The van der Waals surface area contributed by atoms with E-state index in [2.05, 4.69) is 34.4 Å². The number of hydrogen-bond acceptors (Lipinski definition) is 2. The summed E-state index contributed by atoms with van der Waals surface area (Å²) in [5.74, 6) is 1.60. The van der Waals surface area contributed by atoms with Gasteiger partial charge in [-0.1, -0.05) is 19.8 Å². The molecule has 0 aromatic carbocycles. The highest BCUT2D eigenvalue weighted by Crippen LogP contribution is 2.30. The van der Waals surface area contributed by atoms with E-state index < -0.39 is 0 Å². The Kier molecular flexibility index (Phi) is 3.44. The van der Waals surface area contributed by atoms with Crippen molar-refractivity contribution in [2.75, 3.05) is 0 Å². The third kappa shape index (κ3) is 2.59. The van der Waals surface area contributed by atoms with E-state index in [1.807, 2.05) is 6.20 Å². The van der Waals surface area contributed by atoms with Crippen LogP contribution in [0.25, 0.3) is 11.2 Å². The lowest BCUT2D eigenvalue weighted by Gasteiger charge is -2.26. The Bertz CT molecular complexity index is 640. The van der Waals surface area contributed by atoms with Gasteiger partial charge < -0.3 is 9.55 Å². The lowest BCUT2D eigenvalue weighted by Crippen LogP contribution is -2.18. The summed E-state index contributed by atoms with van der Waals surface area (Å²) < 4.78 is 3.00. The minimum atomic E-state index is 0.748. The summed E-state index contributed by atoms with van der Waals surface area (Å²) in [6.07, 6.45) is 7.30. The second-order valence-corrected chi connectivity index (χ2v) is 6.45. The first-order valence-corrected chi connectivity index (χ1v) is 7.59. The highest BCUT2D eigenvalue weighted by atomic mass is 32.1. The molecule has 2 heterocycles. The van der Waals surface area contributed by atoms with E-state index in [0.29, 0.717) is 0 Å². The van der Waals surface area contributed by atoms with Gasteiger partial charge in [0.15, 0.2) is 10.4 Å². The van der Waals surface area contributed by atoms with Gasteiger partial charge >= 0.3 is 0 Å². The van der Waals surface area contributed by atoms with Gasteiger partial charge in [-0.25, -0.2) is 4.98 Å². The van der Waals surface area contributed by atoms with Crippen molar-refractivity contribution in [2.24, 2.45) is 11.8 Å². The minimum absolute atomic E-state index is 0.748. The van der Waals surface area contributed by atoms with Crippen molar-refractivity contribution < 1.29 is 0 Å². The monoisotopic (exact) mass is 275 g/mol. The van der Waals surface area contributed by atoms with Crippen LogP contribution in [0.4, 0.5) is 0 Å². The molecule has 1 N–H and O–H groups in total. The first kappa shape index (κ1) is 12.9. The van der Waals surface area contributed by atoms with E-state index in [-0.39, 0.29) is 0 Å². The van der Waals surface area contributed by atoms with Gasteiger partial charge in [-0.05, 0) is 55.4 Å². The van der Waals surface area contributed by atoms with Crippen LogP contribution in [0, 0.1) is 23.5 Å². The maximum absolute atomic E-state index is 5.46. The fraction of sp³-hybridized carbons (Fsp3) is 0.600. The molecule has 2 aromatic heterocycles. The summed E-state index contributed by atoms with van der Waals surface area (Å²) in [6.45, 7) is 5.44. The number of aromatic amines is 1. The van der Waals surface area contributed by atoms with Gasteiger partial charge in [-0.3, -0.25) is 0 Å². The summed E-state index contributed by atoms with van der Waals surface area (Å²) >= 11 is 5.46. The molecule has 1 saturated carbocycles. The molecule has 1 aliphatic carbocycles. The largest absolute Gasteiger partial charge is 0.329 e. The smallest absolute Gasteiger partial charge is 0.179 e. The van der Waals surface area contributed by atoms with Gasteiger partial charge in [0, 0.05) is 12.7 Å². The molecular formula is C15H21N3S. The Labute approximate surface area is 119 Å². The number of aryl methyl sites for hydroxylation is 1. The molecule has 0 bridgehead atoms. The van der Waals surface area contributed by atoms with Gasteiger partial charge in [0.1, 0.15) is 0 Å². The Morgan fingerprint density at radius 1 is 1.47 bits per heavy atom. The molecule has 0 radical (unpaired) electrons. The van der Waals surface area contributed by atoms with Crippen molar-refractivity contribution in [2.45, 2.75) is 46.1 Å². The SMILES string of the molecule is Cc1cnc2c(c1)[nH]c(=S)n2CC1CCCC(C)C1. The Morgan fingerprint density at radius 3 is 3.11 bits per heavy atom. The third-order valence-electron chi connectivity index (χ3n) is 4.23. The molecule has 0 saturated heterocycles. The molecule has 2 atom stereocenters. The summed E-state index contributed by atoms with van der Waals surface area (Å²) in [6, 6.07) is 2.12. The van der Waals surface area contributed by atoms with Crippen LogP contribution in [-0.2, 0) is 6.54 Å². The lowest BCUT2D eigenvalue weighted by molar-refractivity contribution is 0.258. The van der Waals surface area contributed by atoms with Crippen molar-refractivity contribution in [3.05, 3.63) is 22.6 Å². The van der Waals surface area contributed by atoms with Gasteiger partial charge in [0.05, 0.1) is 5.52 Å². The zero-order valence-corrected chi connectivity index (χ0v) is 12.5. The zero-order chi connectivity index (χ0) is 13.4. The number of aromatic nitrogens is 3. The fourth-order valence-corrected chi connectivity index (χ4v) is 3.57. The van der Waals surface area contributed by atoms with Gasteiger partial charge in [-0.15, -0.1) is 0 Å². The van der Waals surface area contributed by atoms with Crippen LogP contribution in [-0.4, -0.2) is 14.5 Å². The van der Waals surface area contributed by atoms with E-state index >= 15 is 0 Å². The molecule has 0 spiro atoms. The quantitative estimate of drug-likeness (QED) is 0.832. The average Bonchev–Trinajstić information content (AvgIpc) is 2.65. The van der Waals surface area contributed by atoms with Crippen LogP contribution < -0.4 is 0 Å². The molecule has 2 aromatic rings. The van der Waals surface area contributed by atoms with Crippen LogP contribution in [0.1, 0.15) is 38.2 Å². The molecule has 4 heteroatoms. The third-order valence-corrected chi connectivity index (χ3v) is 4.55. The predicted molar refractivity (Wildman–Crippen MR) is 80.8 cm³/mol. The number of rotatable bonds is 2. The maximum atomic E-state index is 5.46. The lowest BCUT2D eigenvalue weighted by atomic mass is 9.82. The van der Waals surface area contributed by atoms with E-state index in [9.17, 15) is 0 Å². The normalized spacial score (nSPS) is 23.9. The zero-order valence-electron chi connectivity index (χ0n) is 11.6. The number of nitrogens with one attached hydrogen (secondary N) is 1. The molecule has 2 unspecified atom stereocenters. The van der Waals surface area contributed by atoms with Crippen LogP contribution in [0.5, 0.6) is 0 Å².